The number of oxazole rings is 1. The summed E-state index contributed by atoms with van der Waals surface area (Å²) < 4.78 is 34.2. The van der Waals surface area contributed by atoms with Crippen LogP contribution in [0, 0.1) is 26.7 Å². The van der Waals surface area contributed by atoms with Crippen molar-refractivity contribution < 1.29 is 17.6 Å². The van der Waals surface area contributed by atoms with E-state index in [1.165, 1.54) is 0 Å². The second-order valence-electron chi connectivity index (χ2n) is 10.0. The smallest absolute Gasteiger partial charge is 0.243 e. The van der Waals surface area contributed by atoms with Crippen molar-refractivity contribution in [1.29, 1.82) is 0 Å². The van der Waals surface area contributed by atoms with E-state index in [2.05, 4.69) is 4.98 Å². The average molecular weight is 496 g/mol. The zero-order valence-corrected chi connectivity index (χ0v) is 21.5. The third-order valence-corrected chi connectivity index (χ3v) is 9.68. The first-order chi connectivity index (χ1) is 16.7. The lowest BCUT2D eigenvalue weighted by Crippen LogP contribution is -2.46. The zero-order valence-electron chi connectivity index (χ0n) is 20.7. The van der Waals surface area contributed by atoms with Gasteiger partial charge in [0, 0.05) is 38.0 Å². The molecule has 7 nitrogen and oxygen atoms in total. The molecule has 5 rings (SSSR count). The van der Waals surface area contributed by atoms with Gasteiger partial charge >= 0.3 is 0 Å². The Morgan fingerprint density at radius 3 is 2.20 bits per heavy atom. The highest BCUT2D eigenvalue weighted by Gasteiger charge is 2.36. The predicted molar refractivity (Wildman–Crippen MR) is 135 cm³/mol. The van der Waals surface area contributed by atoms with Crippen LogP contribution in [0.25, 0.3) is 11.1 Å². The van der Waals surface area contributed by atoms with Gasteiger partial charge < -0.3 is 9.32 Å². The van der Waals surface area contributed by atoms with Crippen molar-refractivity contribution in [2.45, 2.75) is 57.3 Å². The maximum Gasteiger partial charge on any atom is 0.243 e. The number of aromatic nitrogens is 1. The van der Waals surface area contributed by atoms with Crippen molar-refractivity contribution in [3.63, 3.8) is 0 Å². The number of aryl methyl sites for hydroxylation is 3. The second-order valence-corrected chi connectivity index (χ2v) is 11.9. The fourth-order valence-electron chi connectivity index (χ4n) is 5.72. The molecule has 2 aromatic carbocycles. The summed E-state index contributed by atoms with van der Waals surface area (Å²) in [6.07, 6.45) is 2.79. The highest BCUT2D eigenvalue weighted by molar-refractivity contribution is 7.89. The van der Waals surface area contributed by atoms with E-state index in [-0.39, 0.29) is 17.7 Å². The van der Waals surface area contributed by atoms with E-state index in [0.29, 0.717) is 43.9 Å². The van der Waals surface area contributed by atoms with E-state index >= 15 is 0 Å². The van der Waals surface area contributed by atoms with Crippen LogP contribution in [-0.2, 0) is 14.8 Å². The lowest BCUT2D eigenvalue weighted by Gasteiger charge is -2.36. The SMILES string of the molecule is Cc1cc(C)c(S(=O)(=O)N2CCC(C(=O)N3CCC(c4nc5ccccc5o4)CC3)CC2)c(C)c1. The quantitative estimate of drug-likeness (QED) is 0.530. The number of fused-ring (bicyclic) bond motifs is 1. The Labute approximate surface area is 207 Å². The molecule has 2 fully saturated rings. The molecule has 0 spiro atoms. The van der Waals surface area contributed by atoms with Gasteiger partial charge in [0.05, 0.1) is 4.90 Å². The van der Waals surface area contributed by atoms with E-state index in [4.69, 9.17) is 4.42 Å². The van der Waals surface area contributed by atoms with Crippen molar-refractivity contribution in [3.8, 4) is 0 Å². The molecule has 0 N–H and O–H groups in total. The fraction of sp³-hybridized carbons (Fsp3) is 0.481. The number of likely N-dealkylation sites (tertiary alicyclic amines) is 1. The van der Waals surface area contributed by atoms with Crippen LogP contribution in [0.2, 0.25) is 0 Å². The number of hydrogen-bond donors (Lipinski definition) is 0. The molecular formula is C27H33N3O4S. The highest BCUT2D eigenvalue weighted by Crippen LogP contribution is 2.33. The van der Waals surface area contributed by atoms with Gasteiger partial charge in [-0.3, -0.25) is 4.79 Å². The number of nitrogens with zero attached hydrogens (tertiary/aromatic N) is 3. The van der Waals surface area contributed by atoms with E-state index in [0.717, 1.165) is 46.5 Å². The highest BCUT2D eigenvalue weighted by atomic mass is 32.2. The van der Waals surface area contributed by atoms with Gasteiger partial charge in [-0.1, -0.05) is 29.8 Å². The van der Waals surface area contributed by atoms with Crippen molar-refractivity contribution >= 4 is 27.0 Å². The van der Waals surface area contributed by atoms with Crippen molar-refractivity contribution in [2.24, 2.45) is 5.92 Å². The summed E-state index contributed by atoms with van der Waals surface area (Å²) >= 11 is 0. The minimum absolute atomic E-state index is 0.123. The lowest BCUT2D eigenvalue weighted by atomic mass is 9.92. The number of amides is 1. The monoisotopic (exact) mass is 495 g/mol. The normalized spacial score (nSPS) is 18.9. The van der Waals surface area contributed by atoms with Gasteiger partial charge in [0.15, 0.2) is 11.5 Å². The average Bonchev–Trinajstić information content (AvgIpc) is 3.27. The molecule has 186 valence electrons. The van der Waals surface area contributed by atoms with Crippen LogP contribution in [-0.4, -0.2) is 54.7 Å². The summed E-state index contributed by atoms with van der Waals surface area (Å²) in [5, 5.41) is 0. The second kappa shape index (κ2) is 9.39. The van der Waals surface area contributed by atoms with Crippen LogP contribution in [0.5, 0.6) is 0 Å². The molecule has 0 unspecified atom stereocenters. The van der Waals surface area contributed by atoms with E-state index in [1.54, 1.807) is 4.31 Å². The summed E-state index contributed by atoms with van der Waals surface area (Å²) in [5.74, 6) is 1.02. The minimum Gasteiger partial charge on any atom is -0.440 e. The van der Waals surface area contributed by atoms with Crippen LogP contribution in [0.15, 0.2) is 45.7 Å². The molecule has 0 aliphatic carbocycles. The van der Waals surface area contributed by atoms with Gasteiger partial charge in [0.25, 0.3) is 0 Å². The van der Waals surface area contributed by atoms with Crippen LogP contribution in [0.1, 0.15) is 54.2 Å². The molecule has 0 saturated carbocycles. The Bertz CT molecular complexity index is 1290. The first kappa shape index (κ1) is 24.0. The van der Waals surface area contributed by atoms with E-state index in [1.807, 2.05) is 62.1 Å². The number of para-hydroxylation sites is 2. The van der Waals surface area contributed by atoms with Gasteiger partial charge in [-0.25, -0.2) is 13.4 Å². The summed E-state index contributed by atoms with van der Waals surface area (Å²) in [4.78, 5) is 20.2. The molecule has 8 heteroatoms. The van der Waals surface area contributed by atoms with Crippen molar-refractivity contribution in [1.82, 2.24) is 14.2 Å². The van der Waals surface area contributed by atoms with Crippen LogP contribution >= 0.6 is 0 Å². The number of rotatable bonds is 4. The number of carbonyl (C=O) groups excluding carboxylic acids is 1. The lowest BCUT2D eigenvalue weighted by molar-refractivity contribution is -0.137. The molecule has 1 aromatic heterocycles. The number of benzene rings is 2. The number of carbonyl (C=O) groups is 1. The Balaban J connectivity index is 1.18. The standard InChI is InChI=1S/C27H33N3O4S/c1-18-16-19(2)25(20(3)17-18)35(32,33)30-14-10-22(11-15-30)27(31)29-12-8-21(9-13-29)26-28-23-6-4-5-7-24(23)34-26/h4-7,16-17,21-22H,8-15H2,1-3H3. The van der Waals surface area contributed by atoms with Crippen molar-refractivity contribution in [3.05, 3.63) is 59.0 Å². The third kappa shape index (κ3) is 4.61. The summed E-state index contributed by atoms with van der Waals surface area (Å²) in [6.45, 7) is 7.81. The van der Waals surface area contributed by atoms with Gasteiger partial charge in [0.1, 0.15) is 5.52 Å². The summed E-state index contributed by atoms with van der Waals surface area (Å²) in [7, 11) is -3.57. The summed E-state index contributed by atoms with van der Waals surface area (Å²) in [6, 6.07) is 11.6. The topological polar surface area (TPSA) is 83.7 Å². The molecule has 2 saturated heterocycles. The Morgan fingerprint density at radius 1 is 0.943 bits per heavy atom. The maximum atomic E-state index is 13.4. The molecule has 3 aromatic rings. The molecule has 35 heavy (non-hydrogen) atoms. The zero-order chi connectivity index (χ0) is 24.7. The fourth-order valence-corrected chi connectivity index (χ4v) is 7.60. The van der Waals surface area contributed by atoms with Gasteiger partial charge in [0.2, 0.25) is 15.9 Å². The first-order valence-electron chi connectivity index (χ1n) is 12.5. The molecule has 2 aliphatic rings. The minimum atomic E-state index is -3.57. The molecule has 0 radical (unpaired) electrons. The number of sulfonamides is 1. The number of hydrogen-bond acceptors (Lipinski definition) is 5. The number of piperidine rings is 2. The largest absolute Gasteiger partial charge is 0.440 e. The van der Waals surface area contributed by atoms with Crippen LogP contribution in [0.4, 0.5) is 0 Å². The van der Waals surface area contributed by atoms with E-state index in [9.17, 15) is 13.2 Å². The Hall–Kier alpha value is -2.71. The van der Waals surface area contributed by atoms with Crippen LogP contribution in [0.3, 0.4) is 0 Å². The summed E-state index contributed by atoms with van der Waals surface area (Å²) in [5.41, 5.74) is 4.30. The third-order valence-electron chi connectivity index (χ3n) is 7.47. The van der Waals surface area contributed by atoms with Crippen molar-refractivity contribution in [2.75, 3.05) is 26.2 Å². The Kier molecular flexibility index (Phi) is 6.44. The van der Waals surface area contributed by atoms with E-state index < -0.39 is 10.0 Å². The molecule has 2 aliphatic heterocycles. The molecule has 0 bridgehead atoms. The molecule has 1 amide bonds. The van der Waals surface area contributed by atoms with Crippen LogP contribution < -0.4 is 0 Å². The van der Waals surface area contributed by atoms with Gasteiger partial charge in [-0.2, -0.15) is 4.31 Å². The van der Waals surface area contributed by atoms with Gasteiger partial charge in [-0.15, -0.1) is 0 Å². The molecule has 3 heterocycles. The molecule has 0 atom stereocenters. The maximum absolute atomic E-state index is 13.4. The predicted octanol–water partition coefficient (Wildman–Crippen LogP) is 4.56. The molecular weight excluding hydrogens is 462 g/mol. The Morgan fingerprint density at radius 2 is 1.57 bits per heavy atom. The van der Waals surface area contributed by atoms with Gasteiger partial charge in [-0.05, 0) is 69.7 Å². The first-order valence-corrected chi connectivity index (χ1v) is 13.9.